The van der Waals surface area contributed by atoms with Gasteiger partial charge in [0.05, 0.1) is 12.3 Å². The fourth-order valence-electron chi connectivity index (χ4n) is 3.58. The Kier molecular flexibility index (Phi) is 10.8. The number of rotatable bonds is 7. The average molecular weight is 530 g/mol. The minimum Gasteiger partial charge on any atom is -0.381 e. The highest BCUT2D eigenvalue weighted by atomic mass is 127. The molecule has 1 aromatic rings. The first kappa shape index (κ1) is 24.8. The van der Waals surface area contributed by atoms with Gasteiger partial charge in [-0.2, -0.15) is 0 Å². The predicted molar refractivity (Wildman–Crippen MR) is 129 cm³/mol. The number of likely N-dealkylation sites (N-methyl/N-ethyl adjacent to an activating group) is 1. The number of guanidine groups is 1. The van der Waals surface area contributed by atoms with E-state index in [0.29, 0.717) is 12.0 Å². The number of carbonyl (C=O) groups is 1. The topological polar surface area (TPSA) is 82.1 Å². The zero-order chi connectivity index (χ0) is 20.5. The van der Waals surface area contributed by atoms with Crippen LogP contribution >= 0.6 is 24.0 Å². The standard InChI is InChI=1S/C21H34N6O2.HI/c1-26(2)20(28)14-24-21(23-13-17-8-12-29-16-17)25-18-6-10-27(11-7-18)15-19-5-3-4-9-22-19;/h3-5,9,17-18H,6-8,10-16H2,1-2H3,(H2,23,24,25);1H. The number of hydrogen-bond donors (Lipinski definition) is 2. The van der Waals surface area contributed by atoms with Gasteiger partial charge in [0.2, 0.25) is 5.91 Å². The van der Waals surface area contributed by atoms with E-state index in [1.807, 2.05) is 18.3 Å². The number of aromatic nitrogens is 1. The van der Waals surface area contributed by atoms with Gasteiger partial charge >= 0.3 is 0 Å². The van der Waals surface area contributed by atoms with E-state index in [9.17, 15) is 4.79 Å². The van der Waals surface area contributed by atoms with Crippen molar-refractivity contribution in [3.63, 3.8) is 0 Å². The molecule has 168 valence electrons. The van der Waals surface area contributed by atoms with Crippen LogP contribution in [0.5, 0.6) is 0 Å². The second-order valence-electron chi connectivity index (χ2n) is 8.08. The van der Waals surface area contributed by atoms with E-state index < -0.39 is 0 Å². The molecule has 1 amide bonds. The Bertz CT molecular complexity index is 659. The van der Waals surface area contributed by atoms with E-state index >= 15 is 0 Å². The first-order valence-corrected chi connectivity index (χ1v) is 10.5. The maximum absolute atomic E-state index is 11.9. The Labute approximate surface area is 196 Å². The molecule has 2 saturated heterocycles. The maximum Gasteiger partial charge on any atom is 0.243 e. The van der Waals surface area contributed by atoms with Crippen molar-refractivity contribution in [2.24, 2.45) is 10.9 Å². The summed E-state index contributed by atoms with van der Waals surface area (Å²) in [6, 6.07) is 6.42. The molecule has 0 aromatic carbocycles. The summed E-state index contributed by atoms with van der Waals surface area (Å²) in [6.45, 7) is 5.54. The summed E-state index contributed by atoms with van der Waals surface area (Å²) in [4.78, 5) is 24.9. The number of ether oxygens (including phenoxy) is 1. The van der Waals surface area contributed by atoms with Gasteiger partial charge in [0.1, 0.15) is 6.54 Å². The van der Waals surface area contributed by atoms with Crippen LogP contribution in [0.1, 0.15) is 25.0 Å². The highest BCUT2D eigenvalue weighted by Gasteiger charge is 2.21. The number of halogens is 1. The summed E-state index contributed by atoms with van der Waals surface area (Å²) in [7, 11) is 3.51. The van der Waals surface area contributed by atoms with E-state index in [2.05, 4.69) is 31.6 Å². The number of hydrogen-bond acceptors (Lipinski definition) is 5. The Hall–Kier alpha value is -1.46. The smallest absolute Gasteiger partial charge is 0.243 e. The Morgan fingerprint density at radius 1 is 1.30 bits per heavy atom. The second-order valence-corrected chi connectivity index (χ2v) is 8.08. The molecule has 0 spiro atoms. The fraction of sp³-hybridized carbons (Fsp3) is 0.667. The van der Waals surface area contributed by atoms with Crippen LogP contribution in [0, 0.1) is 5.92 Å². The van der Waals surface area contributed by atoms with E-state index in [0.717, 1.165) is 70.3 Å². The molecule has 1 atom stereocenters. The van der Waals surface area contributed by atoms with Crippen LogP contribution in [0.2, 0.25) is 0 Å². The van der Waals surface area contributed by atoms with E-state index in [4.69, 9.17) is 4.74 Å². The summed E-state index contributed by atoms with van der Waals surface area (Å²) in [5.74, 6) is 1.24. The van der Waals surface area contributed by atoms with Gasteiger partial charge in [-0.3, -0.25) is 14.7 Å². The number of piperidine rings is 1. The number of likely N-dealkylation sites (tertiary alicyclic amines) is 1. The number of aliphatic imine (C=N–C) groups is 1. The molecule has 2 aliphatic heterocycles. The molecule has 8 nitrogen and oxygen atoms in total. The molecule has 0 bridgehead atoms. The van der Waals surface area contributed by atoms with Crippen molar-refractivity contribution in [3.8, 4) is 0 Å². The largest absolute Gasteiger partial charge is 0.381 e. The molecule has 3 rings (SSSR count). The molecular weight excluding hydrogens is 495 g/mol. The van der Waals surface area contributed by atoms with Crippen molar-refractivity contribution in [2.45, 2.75) is 31.8 Å². The van der Waals surface area contributed by atoms with Crippen LogP contribution in [0.3, 0.4) is 0 Å². The van der Waals surface area contributed by atoms with Crippen LogP contribution in [0.4, 0.5) is 0 Å². The third-order valence-corrected chi connectivity index (χ3v) is 5.49. The molecule has 1 aromatic heterocycles. The number of amides is 1. The lowest BCUT2D eigenvalue weighted by atomic mass is 10.0. The van der Waals surface area contributed by atoms with Gasteiger partial charge in [0.15, 0.2) is 5.96 Å². The lowest BCUT2D eigenvalue weighted by Crippen LogP contribution is -2.49. The molecule has 2 aliphatic rings. The normalized spacial score (nSPS) is 20.5. The molecule has 1 unspecified atom stereocenters. The van der Waals surface area contributed by atoms with Gasteiger partial charge in [-0.25, -0.2) is 4.99 Å². The Morgan fingerprint density at radius 2 is 2.10 bits per heavy atom. The van der Waals surface area contributed by atoms with Crippen molar-refractivity contribution >= 4 is 35.8 Å². The van der Waals surface area contributed by atoms with E-state index in [-0.39, 0.29) is 36.4 Å². The van der Waals surface area contributed by atoms with Gasteiger partial charge in [0.25, 0.3) is 0 Å². The van der Waals surface area contributed by atoms with Gasteiger partial charge in [0, 0.05) is 65.0 Å². The van der Waals surface area contributed by atoms with Gasteiger partial charge in [-0.15, -0.1) is 24.0 Å². The molecule has 2 N–H and O–H groups in total. The summed E-state index contributed by atoms with van der Waals surface area (Å²) < 4.78 is 5.46. The summed E-state index contributed by atoms with van der Waals surface area (Å²) in [5.41, 5.74) is 1.11. The van der Waals surface area contributed by atoms with Crippen molar-refractivity contribution in [1.29, 1.82) is 0 Å². The molecule has 0 aliphatic carbocycles. The SMILES string of the molecule is CN(C)C(=O)CN=C(NCC1CCOC1)NC1CCN(Cc2ccccn2)CC1.I. The quantitative estimate of drug-likeness (QED) is 0.315. The zero-order valence-corrected chi connectivity index (χ0v) is 20.4. The van der Waals surface area contributed by atoms with Gasteiger partial charge in [-0.1, -0.05) is 6.07 Å². The molecule has 9 heteroatoms. The highest BCUT2D eigenvalue weighted by Crippen LogP contribution is 2.13. The fourth-order valence-corrected chi connectivity index (χ4v) is 3.58. The lowest BCUT2D eigenvalue weighted by Gasteiger charge is -2.33. The molecule has 3 heterocycles. The first-order chi connectivity index (χ1) is 14.1. The zero-order valence-electron chi connectivity index (χ0n) is 18.0. The summed E-state index contributed by atoms with van der Waals surface area (Å²) in [6.07, 6.45) is 5.01. The third kappa shape index (κ3) is 8.35. The third-order valence-electron chi connectivity index (χ3n) is 5.49. The van der Waals surface area contributed by atoms with Crippen molar-refractivity contribution in [3.05, 3.63) is 30.1 Å². The maximum atomic E-state index is 11.9. The number of nitrogens with zero attached hydrogens (tertiary/aromatic N) is 4. The Morgan fingerprint density at radius 3 is 2.73 bits per heavy atom. The molecule has 0 radical (unpaired) electrons. The van der Waals surface area contributed by atoms with Gasteiger partial charge in [-0.05, 0) is 31.4 Å². The molecule has 0 saturated carbocycles. The molecular formula is C21H35IN6O2. The highest BCUT2D eigenvalue weighted by molar-refractivity contribution is 14.0. The van der Waals surface area contributed by atoms with E-state index in [1.54, 1.807) is 19.0 Å². The van der Waals surface area contributed by atoms with Crippen LogP contribution in [0.15, 0.2) is 29.4 Å². The average Bonchev–Trinajstić information content (AvgIpc) is 3.25. The molecule has 2 fully saturated rings. The summed E-state index contributed by atoms with van der Waals surface area (Å²) >= 11 is 0. The molecule has 30 heavy (non-hydrogen) atoms. The van der Waals surface area contributed by atoms with Crippen LogP contribution in [-0.4, -0.2) is 86.2 Å². The van der Waals surface area contributed by atoms with E-state index in [1.165, 1.54) is 0 Å². The summed E-state index contributed by atoms with van der Waals surface area (Å²) in [5, 5.41) is 6.96. The minimum atomic E-state index is 0. The lowest BCUT2D eigenvalue weighted by molar-refractivity contribution is -0.127. The number of nitrogens with one attached hydrogen (secondary N) is 2. The first-order valence-electron chi connectivity index (χ1n) is 10.5. The Balaban J connectivity index is 0.00000320. The number of carbonyl (C=O) groups excluding carboxylic acids is 1. The predicted octanol–water partition coefficient (Wildman–Crippen LogP) is 1.32. The van der Waals surface area contributed by atoms with Crippen molar-refractivity contribution in [1.82, 2.24) is 25.4 Å². The number of pyridine rings is 1. The van der Waals surface area contributed by atoms with Crippen LogP contribution in [-0.2, 0) is 16.1 Å². The minimum absolute atomic E-state index is 0. The van der Waals surface area contributed by atoms with Gasteiger partial charge < -0.3 is 20.3 Å². The second kappa shape index (κ2) is 13.1. The van der Waals surface area contributed by atoms with Crippen molar-refractivity contribution in [2.75, 3.05) is 53.5 Å². The van der Waals surface area contributed by atoms with Crippen LogP contribution < -0.4 is 10.6 Å². The monoisotopic (exact) mass is 530 g/mol. The van der Waals surface area contributed by atoms with Crippen molar-refractivity contribution < 1.29 is 9.53 Å². The van der Waals surface area contributed by atoms with Crippen LogP contribution in [0.25, 0.3) is 0 Å².